The van der Waals surface area contributed by atoms with Crippen LogP contribution in [0, 0.1) is 0 Å². The number of benzene rings is 2. The molecule has 1 saturated heterocycles. The summed E-state index contributed by atoms with van der Waals surface area (Å²) >= 11 is 6.27. The Labute approximate surface area is 173 Å². The van der Waals surface area contributed by atoms with Crippen molar-refractivity contribution >= 4 is 29.1 Å². The highest BCUT2D eigenvalue weighted by Crippen LogP contribution is 2.38. The van der Waals surface area contributed by atoms with Crippen LogP contribution in [0.15, 0.2) is 36.4 Å². The number of hydrogen-bond donors (Lipinski definition) is 1. The van der Waals surface area contributed by atoms with Gasteiger partial charge in [-0.2, -0.15) is 0 Å². The van der Waals surface area contributed by atoms with Crippen LogP contribution in [0.1, 0.15) is 27.1 Å². The van der Waals surface area contributed by atoms with Gasteiger partial charge in [0.25, 0.3) is 11.8 Å². The summed E-state index contributed by atoms with van der Waals surface area (Å²) < 4.78 is 16.5. The zero-order valence-electron chi connectivity index (χ0n) is 15.8. The van der Waals surface area contributed by atoms with Gasteiger partial charge in [0.2, 0.25) is 0 Å². The molecule has 0 atom stereocenters. The number of hydrogen-bond acceptors (Lipinski definition) is 5. The number of rotatable bonds is 3. The molecule has 152 valence electrons. The second-order valence-corrected chi connectivity index (χ2v) is 7.18. The Morgan fingerprint density at radius 2 is 1.76 bits per heavy atom. The van der Waals surface area contributed by atoms with Gasteiger partial charge in [-0.1, -0.05) is 17.7 Å². The van der Waals surface area contributed by atoms with E-state index in [2.05, 4.69) is 5.32 Å². The third-order valence-corrected chi connectivity index (χ3v) is 5.01. The Kier molecular flexibility index (Phi) is 5.87. The van der Waals surface area contributed by atoms with Crippen molar-refractivity contribution in [2.45, 2.75) is 6.42 Å². The van der Waals surface area contributed by atoms with Crippen LogP contribution in [0.2, 0.25) is 5.02 Å². The number of carbonyl (C=O) groups excluding carboxylic acids is 2. The largest absolute Gasteiger partial charge is 0.489 e. The van der Waals surface area contributed by atoms with Crippen LogP contribution in [0.5, 0.6) is 11.5 Å². The highest BCUT2D eigenvalue weighted by molar-refractivity contribution is 6.32. The monoisotopic (exact) mass is 416 g/mol. The maximum absolute atomic E-state index is 12.7. The van der Waals surface area contributed by atoms with Crippen molar-refractivity contribution in [3.8, 4) is 11.5 Å². The summed E-state index contributed by atoms with van der Waals surface area (Å²) in [6, 6.07) is 10.0. The standard InChI is InChI=1S/C21H21ClN2O5/c22-17-12-15(13-18-19(17)29-8-2-7-28-18)20(25)23-16-4-1-3-14(11-16)21(26)24-5-9-27-10-6-24/h1,3-4,11-13H,2,5-10H2,(H,23,25). The predicted molar refractivity (Wildman–Crippen MR) is 108 cm³/mol. The normalized spacial score (nSPS) is 16.1. The Morgan fingerprint density at radius 3 is 2.59 bits per heavy atom. The van der Waals surface area contributed by atoms with Gasteiger partial charge < -0.3 is 24.4 Å². The molecule has 2 amide bonds. The average molecular weight is 417 g/mol. The summed E-state index contributed by atoms with van der Waals surface area (Å²) in [6.45, 7) is 3.21. The minimum Gasteiger partial charge on any atom is -0.489 e. The molecule has 7 nitrogen and oxygen atoms in total. The van der Waals surface area contributed by atoms with Crippen molar-refractivity contribution in [1.82, 2.24) is 4.90 Å². The molecule has 1 N–H and O–H groups in total. The van der Waals surface area contributed by atoms with Crippen LogP contribution in [-0.2, 0) is 4.74 Å². The van der Waals surface area contributed by atoms with Gasteiger partial charge in [0.1, 0.15) is 0 Å². The third kappa shape index (κ3) is 4.46. The van der Waals surface area contributed by atoms with Crippen molar-refractivity contribution in [3.05, 3.63) is 52.5 Å². The molecule has 0 spiro atoms. The third-order valence-electron chi connectivity index (χ3n) is 4.73. The first-order valence-electron chi connectivity index (χ1n) is 9.49. The molecule has 2 heterocycles. The molecule has 2 aromatic carbocycles. The molecule has 0 radical (unpaired) electrons. The van der Waals surface area contributed by atoms with Gasteiger partial charge in [0, 0.05) is 36.3 Å². The molecule has 2 aliphatic rings. The van der Waals surface area contributed by atoms with Gasteiger partial charge in [0.15, 0.2) is 11.5 Å². The number of carbonyl (C=O) groups is 2. The smallest absolute Gasteiger partial charge is 0.255 e. The highest BCUT2D eigenvalue weighted by atomic mass is 35.5. The summed E-state index contributed by atoms with van der Waals surface area (Å²) in [5, 5.41) is 3.14. The molecule has 8 heteroatoms. The van der Waals surface area contributed by atoms with Crippen LogP contribution in [0.3, 0.4) is 0 Å². The zero-order valence-corrected chi connectivity index (χ0v) is 16.5. The van der Waals surface area contributed by atoms with E-state index in [0.717, 1.165) is 6.42 Å². The predicted octanol–water partition coefficient (Wildman–Crippen LogP) is 3.23. The van der Waals surface area contributed by atoms with E-state index < -0.39 is 0 Å². The van der Waals surface area contributed by atoms with Gasteiger partial charge in [-0.3, -0.25) is 9.59 Å². The molecule has 2 aliphatic heterocycles. The number of nitrogens with one attached hydrogen (secondary N) is 1. The zero-order chi connectivity index (χ0) is 20.2. The number of morpholine rings is 1. The van der Waals surface area contributed by atoms with E-state index in [4.69, 9.17) is 25.8 Å². The average Bonchev–Trinajstić information content (AvgIpc) is 3.00. The topological polar surface area (TPSA) is 77.1 Å². The van der Waals surface area contributed by atoms with Crippen molar-refractivity contribution in [2.24, 2.45) is 0 Å². The second-order valence-electron chi connectivity index (χ2n) is 6.78. The molecule has 0 unspecified atom stereocenters. The lowest BCUT2D eigenvalue weighted by Crippen LogP contribution is -2.40. The first-order valence-corrected chi connectivity index (χ1v) is 9.87. The Balaban J connectivity index is 1.51. The van der Waals surface area contributed by atoms with Crippen LogP contribution in [0.25, 0.3) is 0 Å². The number of anilines is 1. The molecular weight excluding hydrogens is 396 g/mol. The molecule has 1 fully saturated rings. The lowest BCUT2D eigenvalue weighted by atomic mass is 10.1. The van der Waals surface area contributed by atoms with E-state index in [9.17, 15) is 9.59 Å². The number of ether oxygens (including phenoxy) is 3. The van der Waals surface area contributed by atoms with Gasteiger partial charge >= 0.3 is 0 Å². The summed E-state index contributed by atoms with van der Waals surface area (Å²) in [7, 11) is 0. The lowest BCUT2D eigenvalue weighted by molar-refractivity contribution is 0.0303. The van der Waals surface area contributed by atoms with E-state index in [1.54, 1.807) is 41.3 Å². The lowest BCUT2D eigenvalue weighted by Gasteiger charge is -2.27. The van der Waals surface area contributed by atoms with Crippen molar-refractivity contribution in [3.63, 3.8) is 0 Å². The molecule has 29 heavy (non-hydrogen) atoms. The fourth-order valence-corrected chi connectivity index (χ4v) is 3.51. The first kappa shape index (κ1) is 19.5. The summed E-state index contributed by atoms with van der Waals surface area (Å²) in [5.41, 5.74) is 1.39. The summed E-state index contributed by atoms with van der Waals surface area (Å²) in [5.74, 6) is 0.483. The maximum Gasteiger partial charge on any atom is 0.255 e. The fourth-order valence-electron chi connectivity index (χ4n) is 3.24. The van der Waals surface area contributed by atoms with Crippen LogP contribution in [0.4, 0.5) is 5.69 Å². The van der Waals surface area contributed by atoms with E-state index in [0.29, 0.717) is 72.9 Å². The second kappa shape index (κ2) is 8.71. The highest BCUT2D eigenvalue weighted by Gasteiger charge is 2.20. The summed E-state index contributed by atoms with van der Waals surface area (Å²) in [4.78, 5) is 27.1. The number of halogens is 1. The van der Waals surface area contributed by atoms with Gasteiger partial charge in [-0.05, 0) is 30.3 Å². The Bertz CT molecular complexity index is 927. The van der Waals surface area contributed by atoms with E-state index >= 15 is 0 Å². The number of amides is 2. The SMILES string of the molecule is O=C(Nc1cccc(C(=O)N2CCOCC2)c1)c1cc(Cl)c2c(c1)OCCCO2. The molecule has 2 aromatic rings. The fraction of sp³-hybridized carbons (Fsp3) is 0.333. The van der Waals surface area contributed by atoms with Crippen molar-refractivity contribution < 1.29 is 23.8 Å². The van der Waals surface area contributed by atoms with E-state index in [1.165, 1.54) is 0 Å². The van der Waals surface area contributed by atoms with Gasteiger partial charge in [-0.15, -0.1) is 0 Å². The molecule has 0 saturated carbocycles. The first-order chi connectivity index (χ1) is 14.1. The van der Waals surface area contributed by atoms with Gasteiger partial charge in [-0.25, -0.2) is 0 Å². The van der Waals surface area contributed by atoms with Crippen molar-refractivity contribution in [1.29, 1.82) is 0 Å². The maximum atomic E-state index is 12.7. The molecular formula is C21H21ClN2O5. The molecule has 4 rings (SSSR count). The van der Waals surface area contributed by atoms with Crippen LogP contribution in [-0.4, -0.2) is 56.2 Å². The number of fused-ring (bicyclic) bond motifs is 1. The summed E-state index contributed by atoms with van der Waals surface area (Å²) in [6.07, 6.45) is 0.747. The quantitative estimate of drug-likeness (QED) is 0.831. The van der Waals surface area contributed by atoms with Crippen LogP contribution >= 0.6 is 11.6 Å². The Morgan fingerprint density at radius 1 is 0.966 bits per heavy atom. The van der Waals surface area contributed by atoms with E-state index in [1.807, 2.05) is 0 Å². The minimum atomic E-state index is -0.349. The Hall–Kier alpha value is -2.77. The number of nitrogens with zero attached hydrogens (tertiary/aromatic N) is 1. The van der Waals surface area contributed by atoms with Crippen molar-refractivity contribution in [2.75, 3.05) is 44.8 Å². The minimum absolute atomic E-state index is 0.0805. The van der Waals surface area contributed by atoms with E-state index in [-0.39, 0.29) is 11.8 Å². The molecule has 0 aromatic heterocycles. The molecule has 0 aliphatic carbocycles. The molecule has 0 bridgehead atoms. The van der Waals surface area contributed by atoms with Gasteiger partial charge in [0.05, 0.1) is 31.5 Å². The van der Waals surface area contributed by atoms with Crippen LogP contribution < -0.4 is 14.8 Å².